The van der Waals surface area contributed by atoms with Crippen LogP contribution >= 0.6 is 0 Å². The molecule has 4 atom stereocenters. The molecular formula is C21H31N9O6. The molecule has 4 amide bonds. The van der Waals surface area contributed by atoms with Gasteiger partial charge in [0.2, 0.25) is 23.6 Å². The third kappa shape index (κ3) is 8.50. The Morgan fingerprint density at radius 3 is 1.89 bits per heavy atom. The molecular weight excluding hydrogens is 474 g/mol. The summed E-state index contributed by atoms with van der Waals surface area (Å²) < 4.78 is 0. The Morgan fingerprint density at radius 2 is 1.42 bits per heavy atom. The molecule has 0 aliphatic carbocycles. The second kappa shape index (κ2) is 13.0. The van der Waals surface area contributed by atoms with Gasteiger partial charge in [0.15, 0.2) is 0 Å². The maximum Gasteiger partial charge on any atom is 0.326 e. The summed E-state index contributed by atoms with van der Waals surface area (Å²) in [7, 11) is 0. The summed E-state index contributed by atoms with van der Waals surface area (Å²) in [6.07, 6.45) is 5.28. The lowest BCUT2D eigenvalue weighted by atomic mass is 10.0. The van der Waals surface area contributed by atoms with Gasteiger partial charge >= 0.3 is 5.97 Å². The number of primary amides is 1. The molecule has 4 unspecified atom stereocenters. The van der Waals surface area contributed by atoms with Crippen molar-refractivity contribution < 1.29 is 29.1 Å². The van der Waals surface area contributed by atoms with Gasteiger partial charge in [0, 0.05) is 36.6 Å². The number of imidazole rings is 2. The van der Waals surface area contributed by atoms with Crippen LogP contribution in [-0.4, -0.2) is 78.8 Å². The van der Waals surface area contributed by atoms with Gasteiger partial charge in [-0.25, -0.2) is 14.8 Å². The summed E-state index contributed by atoms with van der Waals surface area (Å²) in [5.74, 6) is -5.03. The summed E-state index contributed by atoms with van der Waals surface area (Å²) in [6.45, 7) is 3.17. The minimum Gasteiger partial charge on any atom is -0.480 e. The van der Waals surface area contributed by atoms with Crippen LogP contribution in [0.2, 0.25) is 0 Å². The quantitative estimate of drug-likeness (QED) is 0.133. The Morgan fingerprint density at radius 1 is 0.889 bits per heavy atom. The van der Waals surface area contributed by atoms with E-state index >= 15 is 0 Å². The van der Waals surface area contributed by atoms with Gasteiger partial charge in [-0.15, -0.1) is 0 Å². The summed E-state index contributed by atoms with van der Waals surface area (Å²) >= 11 is 0. The molecule has 0 saturated heterocycles. The fraction of sp³-hybridized carbons (Fsp3) is 0.476. The lowest BCUT2D eigenvalue weighted by Crippen LogP contribution is -2.58. The average molecular weight is 506 g/mol. The zero-order valence-corrected chi connectivity index (χ0v) is 19.9. The third-order valence-corrected chi connectivity index (χ3v) is 5.21. The van der Waals surface area contributed by atoms with Crippen LogP contribution in [0, 0.1) is 5.92 Å². The number of nitrogens with two attached hydrogens (primary N) is 2. The van der Waals surface area contributed by atoms with Crippen LogP contribution in [-0.2, 0) is 36.8 Å². The maximum atomic E-state index is 13.1. The summed E-state index contributed by atoms with van der Waals surface area (Å²) in [6, 6.07) is -4.97. The molecule has 196 valence electrons. The molecule has 0 saturated carbocycles. The van der Waals surface area contributed by atoms with Crippen molar-refractivity contribution >= 4 is 29.6 Å². The Balaban J connectivity index is 2.17. The number of nitrogens with zero attached hydrogens (tertiary/aromatic N) is 2. The first-order chi connectivity index (χ1) is 17.0. The third-order valence-electron chi connectivity index (χ3n) is 5.21. The molecule has 2 heterocycles. The second-order valence-corrected chi connectivity index (χ2v) is 8.53. The van der Waals surface area contributed by atoms with E-state index in [4.69, 9.17) is 11.5 Å². The number of carboxylic acid groups (broad SMARTS) is 1. The first kappa shape index (κ1) is 28.0. The summed E-state index contributed by atoms with van der Waals surface area (Å²) in [5, 5.41) is 16.6. The fourth-order valence-electron chi connectivity index (χ4n) is 3.28. The molecule has 0 aromatic carbocycles. The van der Waals surface area contributed by atoms with Crippen LogP contribution in [0.5, 0.6) is 0 Å². The number of hydrogen-bond donors (Lipinski definition) is 8. The summed E-state index contributed by atoms with van der Waals surface area (Å²) in [5.41, 5.74) is 12.3. The van der Waals surface area contributed by atoms with E-state index in [2.05, 4.69) is 35.9 Å². The number of aromatic nitrogens is 4. The number of hydrogen-bond acceptors (Lipinski definition) is 8. The maximum absolute atomic E-state index is 13.1. The normalized spacial score (nSPS) is 14.3. The molecule has 0 radical (unpaired) electrons. The van der Waals surface area contributed by atoms with Gasteiger partial charge in [-0.3, -0.25) is 19.2 Å². The largest absolute Gasteiger partial charge is 0.480 e. The van der Waals surface area contributed by atoms with Crippen LogP contribution in [0.3, 0.4) is 0 Å². The number of carbonyl (C=O) groups excluding carboxylic acids is 4. The van der Waals surface area contributed by atoms with Crippen molar-refractivity contribution in [1.29, 1.82) is 0 Å². The number of aromatic amines is 2. The summed E-state index contributed by atoms with van der Waals surface area (Å²) in [4.78, 5) is 75.0. The Kier molecular flexibility index (Phi) is 10.1. The van der Waals surface area contributed by atoms with E-state index in [1.165, 1.54) is 25.0 Å². The van der Waals surface area contributed by atoms with Crippen molar-refractivity contribution in [2.45, 2.75) is 57.3 Å². The highest BCUT2D eigenvalue weighted by Gasteiger charge is 2.32. The van der Waals surface area contributed by atoms with Gasteiger partial charge in [-0.1, -0.05) is 13.8 Å². The molecule has 2 aromatic rings. The van der Waals surface area contributed by atoms with Gasteiger partial charge in [0.05, 0.1) is 25.1 Å². The molecule has 10 N–H and O–H groups in total. The van der Waals surface area contributed by atoms with E-state index in [9.17, 15) is 29.1 Å². The van der Waals surface area contributed by atoms with E-state index in [0.717, 1.165) is 0 Å². The van der Waals surface area contributed by atoms with Gasteiger partial charge in [0.1, 0.15) is 18.1 Å². The molecule has 0 aliphatic heterocycles. The number of carboxylic acids is 1. The highest BCUT2D eigenvalue weighted by molar-refractivity contribution is 5.96. The zero-order valence-electron chi connectivity index (χ0n) is 19.9. The van der Waals surface area contributed by atoms with Gasteiger partial charge in [-0.05, 0) is 5.92 Å². The standard InChI is InChI=1S/C21H31N9O6/c1-10(2)17(21(35)36)30-20(34)15(5-16(23)31)29-19(33)14(4-12-7-25-9-27-12)28-18(32)13(22)3-11-6-24-8-26-11/h6-10,13-15,17H,3-5,22H2,1-2H3,(H2,23,31)(H,24,26)(H,25,27)(H,28,32)(H,29,33)(H,30,34)(H,35,36). The number of carbonyl (C=O) groups is 5. The van der Waals surface area contributed by atoms with Crippen LogP contribution < -0.4 is 27.4 Å². The number of rotatable bonds is 14. The number of amides is 4. The predicted octanol–water partition coefficient (Wildman–Crippen LogP) is -2.68. The number of aliphatic carboxylic acids is 1. The highest BCUT2D eigenvalue weighted by atomic mass is 16.4. The van der Waals surface area contributed by atoms with E-state index < -0.39 is 66.1 Å². The molecule has 0 bridgehead atoms. The van der Waals surface area contributed by atoms with Crippen LogP contribution in [0.15, 0.2) is 25.0 Å². The first-order valence-electron chi connectivity index (χ1n) is 11.1. The van der Waals surface area contributed by atoms with Gasteiger partial charge in [-0.2, -0.15) is 0 Å². The predicted molar refractivity (Wildman–Crippen MR) is 125 cm³/mol. The highest BCUT2D eigenvalue weighted by Crippen LogP contribution is 2.06. The monoisotopic (exact) mass is 505 g/mol. The van der Waals surface area contributed by atoms with Crippen molar-refractivity contribution in [2.75, 3.05) is 0 Å². The van der Waals surface area contributed by atoms with E-state index in [-0.39, 0.29) is 12.8 Å². The van der Waals surface area contributed by atoms with Crippen molar-refractivity contribution in [1.82, 2.24) is 35.9 Å². The van der Waals surface area contributed by atoms with Crippen molar-refractivity contribution in [3.8, 4) is 0 Å². The number of H-pyrrole nitrogens is 2. The Labute approximate surface area is 206 Å². The number of nitrogens with one attached hydrogen (secondary N) is 5. The molecule has 2 rings (SSSR count). The van der Waals surface area contributed by atoms with Crippen LogP contribution in [0.25, 0.3) is 0 Å². The SMILES string of the molecule is CC(C)C(NC(=O)C(CC(N)=O)NC(=O)C(Cc1cnc[nH]1)NC(=O)C(N)Cc1cnc[nH]1)C(=O)O. The first-order valence-corrected chi connectivity index (χ1v) is 11.1. The van der Waals surface area contributed by atoms with E-state index in [0.29, 0.717) is 11.4 Å². The lowest BCUT2D eigenvalue weighted by molar-refractivity contribution is -0.143. The molecule has 2 aromatic heterocycles. The molecule has 0 aliphatic rings. The van der Waals surface area contributed by atoms with E-state index in [1.807, 2.05) is 0 Å². The topological polar surface area (TPSA) is 251 Å². The minimum absolute atomic E-state index is 0.0387. The van der Waals surface area contributed by atoms with Crippen LogP contribution in [0.1, 0.15) is 31.7 Å². The van der Waals surface area contributed by atoms with E-state index in [1.54, 1.807) is 13.8 Å². The fourth-order valence-corrected chi connectivity index (χ4v) is 3.28. The smallest absolute Gasteiger partial charge is 0.326 e. The van der Waals surface area contributed by atoms with Gasteiger partial charge < -0.3 is 42.5 Å². The average Bonchev–Trinajstić information content (AvgIpc) is 3.49. The van der Waals surface area contributed by atoms with Crippen molar-refractivity contribution in [3.05, 3.63) is 36.4 Å². The molecule has 36 heavy (non-hydrogen) atoms. The Bertz CT molecular complexity index is 1040. The molecule has 15 nitrogen and oxygen atoms in total. The zero-order chi connectivity index (χ0) is 26.8. The molecule has 0 fully saturated rings. The van der Waals surface area contributed by atoms with Crippen molar-refractivity contribution in [3.63, 3.8) is 0 Å². The van der Waals surface area contributed by atoms with Gasteiger partial charge in [0.25, 0.3) is 0 Å². The molecule has 0 spiro atoms. The molecule has 15 heteroatoms. The van der Waals surface area contributed by atoms with Crippen LogP contribution in [0.4, 0.5) is 0 Å². The minimum atomic E-state index is -1.48. The Hall–Kier alpha value is -4.27. The van der Waals surface area contributed by atoms with Crippen molar-refractivity contribution in [2.24, 2.45) is 17.4 Å². The lowest BCUT2D eigenvalue weighted by Gasteiger charge is -2.25. The second-order valence-electron chi connectivity index (χ2n) is 8.53.